The van der Waals surface area contributed by atoms with Crippen LogP contribution in [0, 0.1) is 6.92 Å². The summed E-state index contributed by atoms with van der Waals surface area (Å²) in [6.45, 7) is 5.57. The number of rotatable bonds is 6. The van der Waals surface area contributed by atoms with Crippen LogP contribution in [0.5, 0.6) is 0 Å². The van der Waals surface area contributed by atoms with E-state index < -0.39 is 0 Å². The monoisotopic (exact) mass is 416 g/mol. The Morgan fingerprint density at radius 3 is 2.75 bits per heavy atom. The number of amides is 2. The third kappa shape index (κ3) is 5.03. The fourth-order valence-corrected chi connectivity index (χ4v) is 5.10. The Bertz CT molecular complexity index is 773. The van der Waals surface area contributed by atoms with Gasteiger partial charge in [0.05, 0.1) is 4.91 Å². The molecule has 2 saturated heterocycles. The van der Waals surface area contributed by atoms with Crippen LogP contribution in [0.25, 0.3) is 6.08 Å². The van der Waals surface area contributed by atoms with E-state index in [2.05, 4.69) is 6.92 Å². The summed E-state index contributed by atoms with van der Waals surface area (Å²) in [4.78, 5) is 29.7. The molecule has 2 aliphatic heterocycles. The van der Waals surface area contributed by atoms with Gasteiger partial charge in [0.25, 0.3) is 5.91 Å². The SMILES string of the molecule is CC[C@@H]1CCCCN1C(=O)CCCN1C(=O)/C(=C/c2ccc(C)cc2)SC1=S. The number of aryl methyl sites for hydroxylation is 1. The molecule has 1 atom stereocenters. The molecule has 0 unspecified atom stereocenters. The number of thioether (sulfide) groups is 1. The molecule has 2 fully saturated rings. The van der Waals surface area contributed by atoms with Crippen molar-refractivity contribution in [2.24, 2.45) is 0 Å². The van der Waals surface area contributed by atoms with Crippen molar-refractivity contribution in [1.29, 1.82) is 0 Å². The highest BCUT2D eigenvalue weighted by Gasteiger charge is 2.32. The van der Waals surface area contributed by atoms with E-state index in [1.54, 1.807) is 4.90 Å². The predicted octanol–water partition coefficient (Wildman–Crippen LogP) is 4.77. The fourth-order valence-electron chi connectivity index (χ4n) is 3.79. The molecule has 0 spiro atoms. The number of carbonyl (C=O) groups is 2. The first kappa shape index (κ1) is 21.1. The molecule has 1 aromatic rings. The van der Waals surface area contributed by atoms with Gasteiger partial charge in [-0.2, -0.15) is 0 Å². The minimum absolute atomic E-state index is 0.0487. The van der Waals surface area contributed by atoms with E-state index in [4.69, 9.17) is 12.2 Å². The second-order valence-corrected chi connectivity index (χ2v) is 9.17. The second kappa shape index (κ2) is 9.70. The number of nitrogens with zero attached hydrogens (tertiary/aromatic N) is 2. The van der Waals surface area contributed by atoms with Gasteiger partial charge in [-0.15, -0.1) is 0 Å². The molecule has 3 rings (SSSR count). The lowest BCUT2D eigenvalue weighted by Crippen LogP contribution is -2.43. The van der Waals surface area contributed by atoms with Gasteiger partial charge in [0.15, 0.2) is 0 Å². The van der Waals surface area contributed by atoms with Crippen LogP contribution in [0.1, 0.15) is 56.6 Å². The molecule has 1 aromatic carbocycles. The van der Waals surface area contributed by atoms with Crippen LogP contribution < -0.4 is 0 Å². The smallest absolute Gasteiger partial charge is 0.266 e. The molecule has 4 nitrogen and oxygen atoms in total. The number of carbonyl (C=O) groups excluding carboxylic acids is 2. The Balaban J connectivity index is 1.54. The van der Waals surface area contributed by atoms with E-state index in [1.807, 2.05) is 42.2 Å². The van der Waals surface area contributed by atoms with Crippen molar-refractivity contribution in [2.75, 3.05) is 13.1 Å². The molecule has 0 bridgehead atoms. The molecule has 0 saturated carbocycles. The lowest BCUT2D eigenvalue weighted by molar-refractivity contribution is -0.135. The number of piperidine rings is 1. The zero-order valence-electron chi connectivity index (χ0n) is 16.6. The summed E-state index contributed by atoms with van der Waals surface area (Å²) < 4.78 is 0.584. The van der Waals surface area contributed by atoms with Crippen molar-refractivity contribution < 1.29 is 9.59 Å². The Labute approximate surface area is 177 Å². The van der Waals surface area contributed by atoms with Gasteiger partial charge in [-0.3, -0.25) is 14.5 Å². The van der Waals surface area contributed by atoms with Gasteiger partial charge < -0.3 is 4.90 Å². The van der Waals surface area contributed by atoms with E-state index in [0.717, 1.165) is 31.4 Å². The third-order valence-electron chi connectivity index (χ3n) is 5.44. The van der Waals surface area contributed by atoms with E-state index in [0.29, 0.717) is 34.7 Å². The van der Waals surface area contributed by atoms with Gasteiger partial charge in [-0.1, -0.05) is 60.7 Å². The first-order valence-electron chi connectivity index (χ1n) is 10.1. The minimum atomic E-state index is -0.0487. The van der Waals surface area contributed by atoms with Gasteiger partial charge in [-0.05, 0) is 50.7 Å². The van der Waals surface area contributed by atoms with Crippen molar-refractivity contribution in [3.05, 3.63) is 40.3 Å². The summed E-state index contributed by atoms with van der Waals surface area (Å²) in [6.07, 6.45) is 7.46. The highest BCUT2D eigenvalue weighted by Crippen LogP contribution is 2.32. The number of likely N-dealkylation sites (tertiary alicyclic amines) is 1. The molecule has 2 aliphatic rings. The molecule has 2 heterocycles. The Hall–Kier alpha value is -1.66. The topological polar surface area (TPSA) is 40.6 Å². The van der Waals surface area contributed by atoms with E-state index in [9.17, 15) is 9.59 Å². The largest absolute Gasteiger partial charge is 0.340 e. The minimum Gasteiger partial charge on any atom is -0.340 e. The lowest BCUT2D eigenvalue weighted by Gasteiger charge is -2.35. The van der Waals surface area contributed by atoms with Crippen molar-refractivity contribution in [1.82, 2.24) is 9.80 Å². The molecule has 2 amide bonds. The Morgan fingerprint density at radius 1 is 1.29 bits per heavy atom. The van der Waals surface area contributed by atoms with Gasteiger partial charge >= 0.3 is 0 Å². The maximum atomic E-state index is 12.7. The summed E-state index contributed by atoms with van der Waals surface area (Å²) in [5.41, 5.74) is 2.19. The Morgan fingerprint density at radius 2 is 2.04 bits per heavy atom. The third-order valence-corrected chi connectivity index (χ3v) is 6.82. The standard InChI is InChI=1S/C22H28N2O2S2/c1-3-18-7-4-5-13-23(18)20(25)8-6-14-24-21(26)19(28-22(24)27)15-17-11-9-16(2)10-12-17/h9-12,15,18H,3-8,13-14H2,1-2H3/b19-15-/t18-/m1/s1. The second-order valence-electron chi connectivity index (χ2n) is 7.49. The first-order chi connectivity index (χ1) is 13.5. The molecule has 0 radical (unpaired) electrons. The molecular formula is C22H28N2O2S2. The summed E-state index contributed by atoms with van der Waals surface area (Å²) in [6, 6.07) is 8.45. The lowest BCUT2D eigenvalue weighted by atomic mass is 9.99. The average Bonchev–Trinajstić information content (AvgIpc) is 2.96. The summed E-state index contributed by atoms with van der Waals surface area (Å²) >= 11 is 6.75. The van der Waals surface area contributed by atoms with E-state index >= 15 is 0 Å². The number of thiocarbonyl (C=S) groups is 1. The molecule has 0 N–H and O–H groups in total. The number of hydrogen-bond donors (Lipinski definition) is 0. The maximum Gasteiger partial charge on any atom is 0.266 e. The quantitative estimate of drug-likeness (QED) is 0.495. The fraction of sp³-hybridized carbons (Fsp3) is 0.500. The van der Waals surface area contributed by atoms with E-state index in [-0.39, 0.29) is 11.8 Å². The summed E-state index contributed by atoms with van der Waals surface area (Å²) in [5, 5.41) is 0. The van der Waals surface area contributed by atoms with Gasteiger partial charge in [0.1, 0.15) is 4.32 Å². The van der Waals surface area contributed by atoms with Crippen LogP contribution in [0.4, 0.5) is 0 Å². The van der Waals surface area contributed by atoms with Crippen molar-refractivity contribution >= 4 is 46.2 Å². The van der Waals surface area contributed by atoms with Gasteiger partial charge in [-0.25, -0.2) is 0 Å². The number of hydrogen-bond acceptors (Lipinski definition) is 4. The summed E-state index contributed by atoms with van der Waals surface area (Å²) in [7, 11) is 0. The predicted molar refractivity (Wildman–Crippen MR) is 120 cm³/mol. The Kier molecular flexibility index (Phi) is 7.30. The van der Waals surface area contributed by atoms with E-state index in [1.165, 1.54) is 23.7 Å². The van der Waals surface area contributed by atoms with Crippen LogP contribution in [0.3, 0.4) is 0 Å². The van der Waals surface area contributed by atoms with Crippen LogP contribution >= 0.6 is 24.0 Å². The molecule has 150 valence electrons. The van der Waals surface area contributed by atoms with Crippen molar-refractivity contribution in [3.63, 3.8) is 0 Å². The first-order valence-corrected chi connectivity index (χ1v) is 11.3. The van der Waals surface area contributed by atoms with Crippen molar-refractivity contribution in [2.45, 2.75) is 58.4 Å². The molecule has 0 aliphatic carbocycles. The van der Waals surface area contributed by atoms with Crippen molar-refractivity contribution in [3.8, 4) is 0 Å². The van der Waals surface area contributed by atoms with Crippen LogP contribution in [-0.2, 0) is 9.59 Å². The van der Waals surface area contributed by atoms with Gasteiger partial charge in [0, 0.05) is 25.6 Å². The molecule has 28 heavy (non-hydrogen) atoms. The maximum absolute atomic E-state index is 12.7. The normalized spacial score (nSPS) is 21.6. The highest BCUT2D eigenvalue weighted by atomic mass is 32.2. The van der Waals surface area contributed by atoms with Crippen LogP contribution in [-0.4, -0.2) is 45.1 Å². The molecule has 6 heteroatoms. The average molecular weight is 417 g/mol. The van der Waals surface area contributed by atoms with Crippen LogP contribution in [0.2, 0.25) is 0 Å². The zero-order chi connectivity index (χ0) is 20.1. The van der Waals surface area contributed by atoms with Gasteiger partial charge in [0.2, 0.25) is 5.91 Å². The zero-order valence-corrected chi connectivity index (χ0v) is 18.3. The molecular weight excluding hydrogens is 388 g/mol. The van der Waals surface area contributed by atoms with Crippen LogP contribution in [0.15, 0.2) is 29.2 Å². The highest BCUT2D eigenvalue weighted by molar-refractivity contribution is 8.26. The molecule has 0 aromatic heterocycles. The summed E-state index contributed by atoms with van der Waals surface area (Å²) in [5.74, 6) is 0.166. The number of benzene rings is 1.